The number of ether oxygens (including phenoxy) is 3. The molecule has 24 heavy (non-hydrogen) atoms. The number of ketones is 1. The van der Waals surface area contributed by atoms with Crippen molar-refractivity contribution in [3.8, 4) is 11.5 Å². The number of hydrogen-bond donors (Lipinski definition) is 0. The standard InChI is InChI=1S/C18H17FO5/c1-11(20)12-4-7-17(23-3)13(8-12)10-24-18(21)15-6-5-14(22-2)9-16(15)19/h4-9H,10H2,1-3H3. The third-order valence-corrected chi connectivity index (χ3v) is 3.44. The van der Waals surface area contributed by atoms with E-state index < -0.39 is 11.8 Å². The van der Waals surface area contributed by atoms with Gasteiger partial charge in [0.2, 0.25) is 0 Å². The molecule has 0 heterocycles. The van der Waals surface area contributed by atoms with Crippen LogP contribution in [0.15, 0.2) is 36.4 Å². The van der Waals surface area contributed by atoms with Crippen molar-refractivity contribution < 1.29 is 28.2 Å². The molecular weight excluding hydrogens is 315 g/mol. The maximum absolute atomic E-state index is 13.9. The van der Waals surface area contributed by atoms with Crippen molar-refractivity contribution in [2.75, 3.05) is 14.2 Å². The molecule has 0 fully saturated rings. The number of carbonyl (C=O) groups is 2. The third-order valence-electron chi connectivity index (χ3n) is 3.44. The first-order valence-electron chi connectivity index (χ1n) is 7.14. The van der Waals surface area contributed by atoms with Crippen LogP contribution < -0.4 is 9.47 Å². The van der Waals surface area contributed by atoms with E-state index in [0.717, 1.165) is 6.07 Å². The number of benzene rings is 2. The summed E-state index contributed by atoms with van der Waals surface area (Å²) in [5.74, 6) is -0.886. The molecule has 0 spiro atoms. The highest BCUT2D eigenvalue weighted by Gasteiger charge is 2.16. The Morgan fingerprint density at radius 2 is 1.79 bits per heavy atom. The van der Waals surface area contributed by atoms with Crippen molar-refractivity contribution in [1.82, 2.24) is 0 Å². The van der Waals surface area contributed by atoms with Crippen LogP contribution in [0.2, 0.25) is 0 Å². The van der Waals surface area contributed by atoms with E-state index in [1.54, 1.807) is 18.2 Å². The van der Waals surface area contributed by atoms with E-state index in [0.29, 0.717) is 22.6 Å². The maximum atomic E-state index is 13.9. The summed E-state index contributed by atoms with van der Waals surface area (Å²) in [4.78, 5) is 23.5. The second kappa shape index (κ2) is 7.59. The molecule has 126 valence electrons. The number of halogens is 1. The van der Waals surface area contributed by atoms with Crippen LogP contribution in [-0.2, 0) is 11.3 Å². The zero-order valence-corrected chi connectivity index (χ0v) is 13.6. The first-order valence-corrected chi connectivity index (χ1v) is 7.14. The summed E-state index contributed by atoms with van der Waals surface area (Å²) in [5, 5.41) is 0. The fourth-order valence-corrected chi connectivity index (χ4v) is 2.12. The molecule has 0 saturated carbocycles. The highest BCUT2D eigenvalue weighted by molar-refractivity contribution is 5.94. The Labute approximate surface area is 139 Å². The highest BCUT2D eigenvalue weighted by Crippen LogP contribution is 2.22. The molecule has 0 aliphatic carbocycles. The summed E-state index contributed by atoms with van der Waals surface area (Å²) in [7, 11) is 2.87. The number of rotatable bonds is 6. The maximum Gasteiger partial charge on any atom is 0.341 e. The smallest absolute Gasteiger partial charge is 0.341 e. The van der Waals surface area contributed by atoms with Gasteiger partial charge in [0.15, 0.2) is 5.78 Å². The number of Topliss-reactive ketones (excluding diaryl/α,β-unsaturated/α-hetero) is 1. The summed E-state index contributed by atoms with van der Waals surface area (Å²) >= 11 is 0. The molecule has 0 atom stereocenters. The highest BCUT2D eigenvalue weighted by atomic mass is 19.1. The normalized spacial score (nSPS) is 10.2. The van der Waals surface area contributed by atoms with Crippen molar-refractivity contribution in [3.05, 3.63) is 58.9 Å². The van der Waals surface area contributed by atoms with Crippen LogP contribution in [0.3, 0.4) is 0 Å². The van der Waals surface area contributed by atoms with Crippen LogP contribution >= 0.6 is 0 Å². The minimum atomic E-state index is -0.814. The van der Waals surface area contributed by atoms with E-state index >= 15 is 0 Å². The molecule has 0 aliphatic rings. The minimum Gasteiger partial charge on any atom is -0.497 e. The molecule has 6 heteroatoms. The average Bonchev–Trinajstić information content (AvgIpc) is 2.59. The summed E-state index contributed by atoms with van der Waals surface area (Å²) in [5.41, 5.74) is 0.794. The Hall–Kier alpha value is -2.89. The Bertz CT molecular complexity index is 770. The van der Waals surface area contributed by atoms with Crippen molar-refractivity contribution in [1.29, 1.82) is 0 Å². The van der Waals surface area contributed by atoms with Gasteiger partial charge in [-0.25, -0.2) is 9.18 Å². The van der Waals surface area contributed by atoms with E-state index in [4.69, 9.17) is 14.2 Å². The molecule has 0 saturated heterocycles. The molecule has 2 rings (SSSR count). The molecule has 0 aliphatic heterocycles. The summed E-state index contributed by atoms with van der Waals surface area (Å²) in [6.07, 6.45) is 0. The van der Waals surface area contributed by atoms with Crippen molar-refractivity contribution in [2.24, 2.45) is 0 Å². The van der Waals surface area contributed by atoms with E-state index in [2.05, 4.69) is 0 Å². The van der Waals surface area contributed by atoms with E-state index in [1.165, 1.54) is 33.3 Å². The lowest BCUT2D eigenvalue weighted by Gasteiger charge is -2.11. The fraction of sp³-hybridized carbons (Fsp3) is 0.222. The van der Waals surface area contributed by atoms with Crippen molar-refractivity contribution in [3.63, 3.8) is 0 Å². The molecule has 0 bridgehead atoms. The van der Waals surface area contributed by atoms with Crippen LogP contribution in [0.5, 0.6) is 11.5 Å². The van der Waals surface area contributed by atoms with Gasteiger partial charge in [-0.15, -0.1) is 0 Å². The third kappa shape index (κ3) is 3.90. The minimum absolute atomic E-state index is 0.119. The zero-order valence-electron chi connectivity index (χ0n) is 13.6. The van der Waals surface area contributed by atoms with Gasteiger partial charge in [-0.05, 0) is 37.3 Å². The lowest BCUT2D eigenvalue weighted by Crippen LogP contribution is -2.09. The van der Waals surface area contributed by atoms with Crippen LogP contribution in [0, 0.1) is 5.82 Å². The lowest BCUT2D eigenvalue weighted by atomic mass is 10.1. The van der Waals surface area contributed by atoms with Crippen molar-refractivity contribution >= 4 is 11.8 Å². The lowest BCUT2D eigenvalue weighted by molar-refractivity contribution is 0.0464. The summed E-state index contributed by atoms with van der Waals surface area (Å²) in [6.45, 7) is 1.29. The predicted molar refractivity (Wildman–Crippen MR) is 85.1 cm³/mol. The Balaban J connectivity index is 2.16. The number of hydrogen-bond acceptors (Lipinski definition) is 5. The number of carbonyl (C=O) groups excluding carboxylic acids is 2. The Morgan fingerprint density at radius 3 is 2.38 bits per heavy atom. The van der Waals surface area contributed by atoms with Crippen LogP contribution in [-0.4, -0.2) is 26.0 Å². The van der Waals surface area contributed by atoms with Gasteiger partial charge in [0.1, 0.15) is 23.9 Å². The van der Waals surface area contributed by atoms with Crippen LogP contribution in [0.1, 0.15) is 33.2 Å². The number of esters is 1. The van der Waals surface area contributed by atoms with Gasteiger partial charge < -0.3 is 14.2 Å². The molecule has 0 aromatic heterocycles. The molecule has 0 amide bonds. The first-order chi connectivity index (χ1) is 11.5. The molecule has 2 aromatic rings. The van der Waals surface area contributed by atoms with Crippen LogP contribution in [0.4, 0.5) is 4.39 Å². The van der Waals surface area contributed by atoms with E-state index in [9.17, 15) is 14.0 Å². The Kier molecular flexibility index (Phi) is 5.52. The zero-order chi connectivity index (χ0) is 17.7. The quantitative estimate of drug-likeness (QED) is 0.599. The second-order valence-corrected chi connectivity index (χ2v) is 5.00. The van der Waals surface area contributed by atoms with Gasteiger partial charge in [0.05, 0.1) is 19.8 Å². The second-order valence-electron chi connectivity index (χ2n) is 5.00. The molecule has 0 unspecified atom stereocenters. The van der Waals surface area contributed by atoms with Crippen molar-refractivity contribution in [2.45, 2.75) is 13.5 Å². The van der Waals surface area contributed by atoms with Gasteiger partial charge in [-0.1, -0.05) is 0 Å². The molecule has 5 nitrogen and oxygen atoms in total. The molecule has 0 radical (unpaired) electrons. The average molecular weight is 332 g/mol. The van der Waals surface area contributed by atoms with Gasteiger partial charge in [0, 0.05) is 17.2 Å². The molecular formula is C18H17FO5. The largest absolute Gasteiger partial charge is 0.497 e. The predicted octanol–water partition coefficient (Wildman–Crippen LogP) is 3.40. The SMILES string of the molecule is COc1ccc(C(=O)OCc2cc(C(C)=O)ccc2OC)c(F)c1. The van der Waals surface area contributed by atoms with Gasteiger partial charge >= 0.3 is 5.97 Å². The molecule has 0 N–H and O–H groups in total. The van der Waals surface area contributed by atoms with E-state index in [1.807, 2.05) is 0 Å². The van der Waals surface area contributed by atoms with Crippen LogP contribution in [0.25, 0.3) is 0 Å². The first kappa shape index (κ1) is 17.5. The number of methoxy groups -OCH3 is 2. The monoisotopic (exact) mass is 332 g/mol. The van der Waals surface area contributed by atoms with Gasteiger partial charge in [0.25, 0.3) is 0 Å². The molecule has 2 aromatic carbocycles. The van der Waals surface area contributed by atoms with E-state index in [-0.39, 0.29) is 18.0 Å². The fourth-order valence-electron chi connectivity index (χ4n) is 2.12. The topological polar surface area (TPSA) is 61.8 Å². The summed E-state index contributed by atoms with van der Waals surface area (Å²) < 4.78 is 29.1. The van der Waals surface area contributed by atoms with Gasteiger partial charge in [-0.3, -0.25) is 4.79 Å². The summed E-state index contributed by atoms with van der Waals surface area (Å²) in [6, 6.07) is 8.69. The van der Waals surface area contributed by atoms with Gasteiger partial charge in [-0.2, -0.15) is 0 Å². The Morgan fingerprint density at radius 1 is 1.04 bits per heavy atom.